The summed E-state index contributed by atoms with van der Waals surface area (Å²) in [4.78, 5) is 11.8. The number of nitrogens with zero attached hydrogens (tertiary/aromatic N) is 1. The summed E-state index contributed by atoms with van der Waals surface area (Å²) >= 11 is 3.30. The highest BCUT2D eigenvalue weighted by atomic mass is 79.9. The molecule has 0 spiro atoms. The number of nitrogens with one attached hydrogen (secondary N) is 1. The van der Waals surface area contributed by atoms with Crippen molar-refractivity contribution in [2.75, 3.05) is 11.9 Å². The number of rotatable bonds is 4. The molecule has 1 N–H and O–H groups in total. The van der Waals surface area contributed by atoms with E-state index in [9.17, 15) is 4.79 Å². The molecule has 2 aromatic rings. The molecular weight excluding hydrogens is 320 g/mol. The molecule has 2 rings (SSSR count). The molecule has 2 aromatic carbocycles. The normalized spacial score (nSPS) is 9.60. The molecule has 0 radical (unpaired) electrons. The summed E-state index contributed by atoms with van der Waals surface area (Å²) in [6.45, 7) is -0.110. The van der Waals surface area contributed by atoms with Crippen molar-refractivity contribution in [3.05, 3.63) is 58.6 Å². The lowest BCUT2D eigenvalue weighted by molar-refractivity contribution is -0.118. The average molecular weight is 331 g/mol. The fourth-order valence-corrected chi connectivity index (χ4v) is 1.93. The topological polar surface area (TPSA) is 62.1 Å². The molecule has 0 heterocycles. The monoisotopic (exact) mass is 330 g/mol. The SMILES string of the molecule is N#Cc1ccc(Br)cc1NC(=O)COc1ccccc1. The van der Waals surface area contributed by atoms with Crippen molar-refractivity contribution in [3.63, 3.8) is 0 Å². The number of halogens is 1. The summed E-state index contributed by atoms with van der Waals surface area (Å²) in [5, 5.41) is 11.6. The van der Waals surface area contributed by atoms with Crippen molar-refractivity contribution in [2.45, 2.75) is 0 Å². The third kappa shape index (κ3) is 3.84. The number of carbonyl (C=O) groups excluding carboxylic acids is 1. The van der Waals surface area contributed by atoms with Crippen LogP contribution in [0, 0.1) is 11.3 Å². The first-order chi connectivity index (χ1) is 9.69. The number of nitriles is 1. The molecule has 0 aliphatic rings. The highest BCUT2D eigenvalue weighted by molar-refractivity contribution is 9.10. The van der Waals surface area contributed by atoms with Crippen LogP contribution in [0.2, 0.25) is 0 Å². The number of anilines is 1. The maximum absolute atomic E-state index is 11.8. The Balaban J connectivity index is 1.98. The summed E-state index contributed by atoms with van der Waals surface area (Å²) in [5.74, 6) is 0.306. The molecular formula is C15H11BrN2O2. The molecule has 0 saturated heterocycles. The standard InChI is InChI=1S/C15H11BrN2O2/c16-12-7-6-11(9-17)14(8-12)18-15(19)10-20-13-4-2-1-3-5-13/h1-8H,10H2,(H,18,19). The van der Waals surface area contributed by atoms with Crippen molar-refractivity contribution in [3.8, 4) is 11.8 Å². The quantitative estimate of drug-likeness (QED) is 0.935. The first-order valence-corrected chi connectivity index (χ1v) is 6.65. The Hall–Kier alpha value is -2.32. The predicted molar refractivity (Wildman–Crippen MR) is 79.4 cm³/mol. The van der Waals surface area contributed by atoms with Crippen LogP contribution in [0.4, 0.5) is 5.69 Å². The van der Waals surface area contributed by atoms with Crippen LogP contribution in [-0.2, 0) is 4.79 Å². The van der Waals surface area contributed by atoms with Gasteiger partial charge in [0.1, 0.15) is 11.8 Å². The Bertz CT molecular complexity index is 651. The van der Waals surface area contributed by atoms with Gasteiger partial charge in [0.15, 0.2) is 6.61 Å². The van der Waals surface area contributed by atoms with Crippen molar-refractivity contribution in [1.29, 1.82) is 5.26 Å². The smallest absolute Gasteiger partial charge is 0.262 e. The molecule has 5 heteroatoms. The molecule has 0 atom stereocenters. The average Bonchev–Trinajstić information content (AvgIpc) is 2.46. The number of amides is 1. The summed E-state index contributed by atoms with van der Waals surface area (Å²) in [7, 11) is 0. The van der Waals surface area contributed by atoms with Crippen LogP contribution in [0.25, 0.3) is 0 Å². The highest BCUT2D eigenvalue weighted by Crippen LogP contribution is 2.20. The van der Waals surface area contributed by atoms with Crippen LogP contribution in [0.3, 0.4) is 0 Å². The number of hydrogen-bond donors (Lipinski definition) is 1. The van der Waals surface area contributed by atoms with Crippen molar-refractivity contribution in [2.24, 2.45) is 0 Å². The summed E-state index contributed by atoms with van der Waals surface area (Å²) in [6.07, 6.45) is 0. The second-order valence-electron chi connectivity index (χ2n) is 3.95. The Morgan fingerprint density at radius 3 is 2.70 bits per heavy atom. The van der Waals surface area contributed by atoms with Crippen LogP contribution in [0.15, 0.2) is 53.0 Å². The summed E-state index contributed by atoms with van der Waals surface area (Å²) in [6, 6.07) is 16.2. The number of para-hydroxylation sites is 1. The van der Waals surface area contributed by atoms with E-state index in [2.05, 4.69) is 21.2 Å². The van der Waals surface area contributed by atoms with Crippen LogP contribution < -0.4 is 10.1 Å². The van der Waals surface area contributed by atoms with Gasteiger partial charge in [-0.1, -0.05) is 34.1 Å². The van der Waals surface area contributed by atoms with Crippen LogP contribution >= 0.6 is 15.9 Å². The van der Waals surface area contributed by atoms with Crippen molar-refractivity contribution < 1.29 is 9.53 Å². The first kappa shape index (κ1) is 14.1. The van der Waals surface area contributed by atoms with E-state index < -0.39 is 0 Å². The lowest BCUT2D eigenvalue weighted by Gasteiger charge is -2.09. The van der Waals surface area contributed by atoms with Gasteiger partial charge >= 0.3 is 0 Å². The Kier molecular flexibility index (Phi) is 4.75. The van der Waals surface area contributed by atoms with Gasteiger partial charge in [-0.15, -0.1) is 0 Å². The Labute approximate surface area is 125 Å². The maximum atomic E-state index is 11.8. The second kappa shape index (κ2) is 6.73. The molecule has 0 unspecified atom stereocenters. The molecule has 0 bridgehead atoms. The zero-order chi connectivity index (χ0) is 14.4. The molecule has 0 aliphatic carbocycles. The zero-order valence-electron chi connectivity index (χ0n) is 10.5. The maximum Gasteiger partial charge on any atom is 0.262 e. The largest absolute Gasteiger partial charge is 0.484 e. The molecule has 100 valence electrons. The Morgan fingerprint density at radius 2 is 2.00 bits per heavy atom. The van der Waals surface area contributed by atoms with Gasteiger partial charge in [0, 0.05) is 4.47 Å². The first-order valence-electron chi connectivity index (χ1n) is 5.86. The van der Waals surface area contributed by atoms with E-state index in [1.807, 2.05) is 24.3 Å². The molecule has 0 aromatic heterocycles. The zero-order valence-corrected chi connectivity index (χ0v) is 12.1. The van der Waals surface area contributed by atoms with Gasteiger partial charge < -0.3 is 10.1 Å². The molecule has 0 saturated carbocycles. The van der Waals surface area contributed by atoms with E-state index in [4.69, 9.17) is 10.00 Å². The predicted octanol–water partition coefficient (Wildman–Crippen LogP) is 3.34. The third-order valence-electron chi connectivity index (χ3n) is 2.49. The minimum atomic E-state index is -0.316. The molecule has 0 aliphatic heterocycles. The molecule has 4 nitrogen and oxygen atoms in total. The van der Waals surface area contributed by atoms with Crippen LogP contribution in [-0.4, -0.2) is 12.5 Å². The minimum Gasteiger partial charge on any atom is -0.484 e. The third-order valence-corrected chi connectivity index (χ3v) is 2.98. The van der Waals surface area contributed by atoms with E-state index in [1.54, 1.807) is 30.3 Å². The minimum absolute atomic E-state index is 0.110. The summed E-state index contributed by atoms with van der Waals surface area (Å²) in [5.41, 5.74) is 0.866. The number of hydrogen-bond acceptors (Lipinski definition) is 3. The van der Waals surface area contributed by atoms with Gasteiger partial charge in [0.25, 0.3) is 5.91 Å². The van der Waals surface area contributed by atoms with Gasteiger partial charge in [-0.3, -0.25) is 4.79 Å². The fourth-order valence-electron chi connectivity index (χ4n) is 1.57. The number of carbonyl (C=O) groups is 1. The second-order valence-corrected chi connectivity index (χ2v) is 4.87. The lowest BCUT2D eigenvalue weighted by atomic mass is 10.2. The van der Waals surface area contributed by atoms with Gasteiger partial charge in [-0.2, -0.15) is 5.26 Å². The highest BCUT2D eigenvalue weighted by Gasteiger charge is 2.08. The van der Waals surface area contributed by atoms with E-state index in [-0.39, 0.29) is 12.5 Å². The van der Waals surface area contributed by atoms with Gasteiger partial charge in [-0.05, 0) is 30.3 Å². The number of benzene rings is 2. The van der Waals surface area contributed by atoms with Crippen LogP contribution in [0.1, 0.15) is 5.56 Å². The molecule has 1 amide bonds. The fraction of sp³-hybridized carbons (Fsp3) is 0.0667. The van der Waals surface area contributed by atoms with Gasteiger partial charge in [0.05, 0.1) is 11.3 Å². The van der Waals surface area contributed by atoms with Crippen molar-refractivity contribution in [1.82, 2.24) is 0 Å². The number of ether oxygens (including phenoxy) is 1. The Morgan fingerprint density at radius 1 is 1.25 bits per heavy atom. The summed E-state index contributed by atoms with van der Waals surface area (Å²) < 4.78 is 6.12. The molecule has 0 fully saturated rings. The van der Waals surface area contributed by atoms with E-state index in [1.165, 1.54) is 0 Å². The van der Waals surface area contributed by atoms with Crippen LogP contribution in [0.5, 0.6) is 5.75 Å². The van der Waals surface area contributed by atoms with Crippen molar-refractivity contribution >= 4 is 27.5 Å². The van der Waals surface area contributed by atoms with E-state index >= 15 is 0 Å². The van der Waals surface area contributed by atoms with Gasteiger partial charge in [-0.25, -0.2) is 0 Å². The van der Waals surface area contributed by atoms with E-state index in [0.29, 0.717) is 17.0 Å². The van der Waals surface area contributed by atoms with E-state index in [0.717, 1.165) is 4.47 Å². The molecule has 20 heavy (non-hydrogen) atoms. The lowest BCUT2D eigenvalue weighted by Crippen LogP contribution is -2.20. The van der Waals surface area contributed by atoms with Gasteiger partial charge in [0.2, 0.25) is 0 Å².